The second-order valence-electron chi connectivity index (χ2n) is 3.00. The molecular weight excluding hydrogens is 126 g/mol. The molecule has 1 aromatic rings. The van der Waals surface area contributed by atoms with Crippen LogP contribution in [0.5, 0.6) is 0 Å². The van der Waals surface area contributed by atoms with E-state index < -0.39 is 0 Å². The first-order chi connectivity index (χ1) is 4.86. The van der Waals surface area contributed by atoms with Crippen LogP contribution in [0, 0.1) is 6.92 Å². The highest BCUT2D eigenvalue weighted by molar-refractivity contribution is 5.10. The van der Waals surface area contributed by atoms with Crippen LogP contribution in [-0.2, 0) is 0 Å². The van der Waals surface area contributed by atoms with Gasteiger partial charge in [0.15, 0.2) is 0 Å². The molecule has 0 amide bonds. The number of aromatic nitrogens is 1. The molecule has 1 aromatic heterocycles. The Morgan fingerprint density at radius 3 is 2.80 bits per heavy atom. The molecule has 54 valence electrons. The normalized spacial score (nSPS) is 18.9. The fourth-order valence-electron chi connectivity index (χ4n) is 1.27. The van der Waals surface area contributed by atoms with Gasteiger partial charge in [0.25, 0.3) is 0 Å². The zero-order valence-electron chi connectivity index (χ0n) is 6.13. The number of hydrogen-bond acceptors (Lipinski definition) is 2. The van der Waals surface area contributed by atoms with Crippen molar-refractivity contribution < 1.29 is 4.52 Å². The lowest BCUT2D eigenvalue weighted by molar-refractivity contribution is 0.299. The van der Waals surface area contributed by atoms with Gasteiger partial charge in [0.1, 0.15) is 5.76 Å². The van der Waals surface area contributed by atoms with Gasteiger partial charge in [-0.15, -0.1) is 0 Å². The minimum absolute atomic E-state index is 0.682. The van der Waals surface area contributed by atoms with E-state index in [0.29, 0.717) is 5.92 Å². The van der Waals surface area contributed by atoms with E-state index >= 15 is 0 Å². The molecule has 0 unspecified atom stereocenters. The van der Waals surface area contributed by atoms with Crippen molar-refractivity contribution in [3.05, 3.63) is 17.5 Å². The van der Waals surface area contributed by atoms with Gasteiger partial charge in [-0.2, -0.15) is 0 Å². The Morgan fingerprint density at radius 2 is 2.40 bits per heavy atom. The fourth-order valence-corrected chi connectivity index (χ4v) is 1.27. The minimum atomic E-state index is 0.682. The summed E-state index contributed by atoms with van der Waals surface area (Å²) in [7, 11) is 0. The van der Waals surface area contributed by atoms with Crippen molar-refractivity contribution >= 4 is 0 Å². The molecule has 0 radical (unpaired) electrons. The van der Waals surface area contributed by atoms with Crippen LogP contribution in [0.3, 0.4) is 0 Å². The smallest absolute Gasteiger partial charge is 0.140 e. The van der Waals surface area contributed by atoms with E-state index in [1.165, 1.54) is 19.3 Å². The van der Waals surface area contributed by atoms with Gasteiger partial charge in [0.05, 0.1) is 5.69 Å². The van der Waals surface area contributed by atoms with Crippen molar-refractivity contribution in [2.45, 2.75) is 32.1 Å². The topological polar surface area (TPSA) is 26.0 Å². The van der Waals surface area contributed by atoms with Gasteiger partial charge < -0.3 is 4.52 Å². The first kappa shape index (κ1) is 5.96. The number of aryl methyl sites for hydroxylation is 1. The Morgan fingerprint density at radius 1 is 1.60 bits per heavy atom. The third kappa shape index (κ3) is 0.838. The summed E-state index contributed by atoms with van der Waals surface area (Å²) in [5, 5.41) is 3.84. The van der Waals surface area contributed by atoms with Gasteiger partial charge in [-0.1, -0.05) is 11.6 Å². The van der Waals surface area contributed by atoms with Gasteiger partial charge in [0, 0.05) is 12.0 Å². The number of rotatable bonds is 1. The Balaban J connectivity index is 2.17. The molecule has 10 heavy (non-hydrogen) atoms. The average Bonchev–Trinajstić information content (AvgIpc) is 2.10. The summed E-state index contributed by atoms with van der Waals surface area (Å²) in [6, 6.07) is 2.05. The first-order valence-electron chi connectivity index (χ1n) is 3.79. The molecule has 0 atom stereocenters. The van der Waals surface area contributed by atoms with Crippen LogP contribution in [0.2, 0.25) is 0 Å². The monoisotopic (exact) mass is 137 g/mol. The van der Waals surface area contributed by atoms with Crippen LogP contribution in [-0.4, -0.2) is 5.16 Å². The highest BCUT2D eigenvalue weighted by atomic mass is 16.5. The van der Waals surface area contributed by atoms with Crippen LogP contribution in [0.4, 0.5) is 0 Å². The van der Waals surface area contributed by atoms with E-state index in [0.717, 1.165) is 11.5 Å². The van der Waals surface area contributed by atoms with Crippen LogP contribution >= 0.6 is 0 Å². The molecule has 0 bridgehead atoms. The van der Waals surface area contributed by atoms with Crippen molar-refractivity contribution in [2.24, 2.45) is 0 Å². The maximum atomic E-state index is 5.12. The van der Waals surface area contributed by atoms with Crippen LogP contribution in [0.1, 0.15) is 36.6 Å². The third-order valence-electron chi connectivity index (χ3n) is 2.15. The summed E-state index contributed by atoms with van der Waals surface area (Å²) in [6.07, 6.45) is 3.92. The average molecular weight is 137 g/mol. The van der Waals surface area contributed by atoms with Crippen molar-refractivity contribution in [3.8, 4) is 0 Å². The van der Waals surface area contributed by atoms with Crippen molar-refractivity contribution in [1.82, 2.24) is 5.16 Å². The summed E-state index contributed by atoms with van der Waals surface area (Å²) < 4.78 is 5.12. The first-order valence-corrected chi connectivity index (χ1v) is 3.79. The lowest BCUT2D eigenvalue weighted by Gasteiger charge is -2.21. The summed E-state index contributed by atoms with van der Waals surface area (Å²) in [5.74, 6) is 1.77. The summed E-state index contributed by atoms with van der Waals surface area (Å²) >= 11 is 0. The third-order valence-corrected chi connectivity index (χ3v) is 2.15. The van der Waals surface area contributed by atoms with Crippen molar-refractivity contribution in [1.29, 1.82) is 0 Å². The van der Waals surface area contributed by atoms with Crippen LogP contribution < -0.4 is 0 Å². The van der Waals surface area contributed by atoms with Crippen molar-refractivity contribution in [3.63, 3.8) is 0 Å². The zero-order chi connectivity index (χ0) is 6.97. The molecule has 1 heterocycles. The van der Waals surface area contributed by atoms with Gasteiger partial charge in [-0.05, 0) is 19.8 Å². The Hall–Kier alpha value is -0.790. The molecule has 2 heteroatoms. The maximum Gasteiger partial charge on any atom is 0.140 e. The molecule has 0 saturated heterocycles. The van der Waals surface area contributed by atoms with E-state index in [-0.39, 0.29) is 0 Å². The Bertz CT molecular complexity index is 225. The Labute approximate surface area is 60.2 Å². The molecule has 0 aromatic carbocycles. The van der Waals surface area contributed by atoms with Gasteiger partial charge in [0.2, 0.25) is 0 Å². The second-order valence-corrected chi connectivity index (χ2v) is 3.00. The molecule has 0 spiro atoms. The molecule has 1 aliphatic carbocycles. The Kier molecular flexibility index (Phi) is 1.26. The predicted octanol–water partition coefficient (Wildman–Crippen LogP) is 2.25. The SMILES string of the molecule is Cc1cc(C2CCC2)on1. The maximum absolute atomic E-state index is 5.12. The lowest BCUT2D eigenvalue weighted by atomic mass is 9.83. The fraction of sp³-hybridized carbons (Fsp3) is 0.625. The van der Waals surface area contributed by atoms with Gasteiger partial charge in [-0.3, -0.25) is 0 Å². The molecule has 1 aliphatic rings. The molecular formula is C8H11NO. The second kappa shape index (κ2) is 2.11. The van der Waals surface area contributed by atoms with Crippen LogP contribution in [0.15, 0.2) is 10.6 Å². The lowest BCUT2D eigenvalue weighted by Crippen LogP contribution is -2.07. The van der Waals surface area contributed by atoms with E-state index in [2.05, 4.69) is 5.16 Å². The molecule has 1 saturated carbocycles. The number of nitrogens with zero attached hydrogens (tertiary/aromatic N) is 1. The van der Waals surface area contributed by atoms with Crippen molar-refractivity contribution in [2.75, 3.05) is 0 Å². The molecule has 0 aliphatic heterocycles. The quantitative estimate of drug-likeness (QED) is 0.593. The van der Waals surface area contributed by atoms with E-state index in [1.807, 2.05) is 13.0 Å². The van der Waals surface area contributed by atoms with Gasteiger partial charge >= 0.3 is 0 Å². The standard InChI is InChI=1S/C8H11NO/c1-6-5-8(10-9-6)7-3-2-4-7/h5,7H,2-4H2,1H3. The molecule has 1 fully saturated rings. The van der Waals surface area contributed by atoms with Gasteiger partial charge in [-0.25, -0.2) is 0 Å². The number of hydrogen-bond donors (Lipinski definition) is 0. The molecule has 2 nitrogen and oxygen atoms in total. The predicted molar refractivity (Wildman–Crippen MR) is 37.8 cm³/mol. The minimum Gasteiger partial charge on any atom is -0.361 e. The van der Waals surface area contributed by atoms with Crippen LogP contribution in [0.25, 0.3) is 0 Å². The summed E-state index contributed by atoms with van der Waals surface area (Å²) in [6.45, 7) is 1.96. The summed E-state index contributed by atoms with van der Waals surface area (Å²) in [5.41, 5.74) is 1.00. The van der Waals surface area contributed by atoms with E-state index in [4.69, 9.17) is 4.52 Å². The molecule has 0 N–H and O–H groups in total. The molecule has 2 rings (SSSR count). The summed E-state index contributed by atoms with van der Waals surface area (Å²) in [4.78, 5) is 0. The highest BCUT2D eigenvalue weighted by Gasteiger charge is 2.22. The zero-order valence-corrected chi connectivity index (χ0v) is 6.13. The largest absolute Gasteiger partial charge is 0.361 e. The van der Waals surface area contributed by atoms with E-state index in [9.17, 15) is 0 Å². The highest BCUT2D eigenvalue weighted by Crippen LogP contribution is 2.36. The van der Waals surface area contributed by atoms with E-state index in [1.54, 1.807) is 0 Å².